The zero-order chi connectivity index (χ0) is 13.8. The Balaban J connectivity index is 2.16. The first-order valence-corrected chi connectivity index (χ1v) is 7.37. The van der Waals surface area contributed by atoms with Gasteiger partial charge >= 0.3 is 0 Å². The van der Waals surface area contributed by atoms with Crippen LogP contribution in [0.3, 0.4) is 0 Å². The van der Waals surface area contributed by atoms with Crippen LogP contribution in [-0.4, -0.2) is 22.1 Å². The first-order chi connectivity index (χ1) is 9.10. The van der Waals surface area contributed by atoms with Gasteiger partial charge in [-0.25, -0.2) is 0 Å². The molecule has 0 aliphatic rings. The molecule has 5 heteroatoms. The van der Waals surface area contributed by atoms with E-state index in [-0.39, 0.29) is 12.1 Å². The normalized spacial score (nSPS) is 14.1. The van der Waals surface area contributed by atoms with Crippen LogP contribution in [0, 0.1) is 0 Å². The average Bonchev–Trinajstić information content (AvgIpc) is 2.82. The molecule has 2 unspecified atom stereocenters. The minimum absolute atomic E-state index is 0.107. The van der Waals surface area contributed by atoms with Crippen LogP contribution >= 0.6 is 11.8 Å². The van der Waals surface area contributed by atoms with E-state index in [2.05, 4.69) is 11.4 Å². The third-order valence-electron chi connectivity index (χ3n) is 2.85. The topological polar surface area (TPSA) is 53.1 Å². The van der Waals surface area contributed by atoms with Gasteiger partial charge < -0.3 is 10.5 Å². The minimum Gasteiger partial charge on any atom is -0.484 e. The number of hydrogen-bond donors (Lipinski definition) is 1. The fourth-order valence-corrected chi connectivity index (χ4v) is 2.28. The number of thioether (sulfide) groups is 1. The molecular weight excluding hydrogens is 258 g/mol. The highest BCUT2D eigenvalue weighted by atomic mass is 32.2. The highest BCUT2D eigenvalue weighted by Crippen LogP contribution is 2.25. The van der Waals surface area contributed by atoms with E-state index in [1.54, 1.807) is 22.6 Å². The Hall–Kier alpha value is -1.46. The van der Waals surface area contributed by atoms with Crippen LogP contribution in [0.2, 0.25) is 0 Å². The second-order valence-electron chi connectivity index (χ2n) is 4.52. The number of benzene rings is 1. The highest BCUT2D eigenvalue weighted by molar-refractivity contribution is 7.98. The molecule has 2 aromatic rings. The summed E-state index contributed by atoms with van der Waals surface area (Å²) in [6.45, 7) is 1.94. The van der Waals surface area contributed by atoms with Gasteiger partial charge in [0.2, 0.25) is 0 Å². The van der Waals surface area contributed by atoms with Crippen LogP contribution in [0.25, 0.3) is 0 Å². The molecular formula is C14H19N3OS. The first kappa shape index (κ1) is 14.0. The number of hydrogen-bond acceptors (Lipinski definition) is 4. The van der Waals surface area contributed by atoms with Gasteiger partial charge in [0.1, 0.15) is 11.9 Å². The zero-order valence-corrected chi connectivity index (χ0v) is 12.2. The maximum Gasteiger partial charge on any atom is 0.141 e. The van der Waals surface area contributed by atoms with Gasteiger partial charge in [-0.15, -0.1) is 11.8 Å². The van der Waals surface area contributed by atoms with Crippen molar-refractivity contribution in [1.29, 1.82) is 0 Å². The third-order valence-corrected chi connectivity index (χ3v) is 3.60. The molecule has 102 valence electrons. The van der Waals surface area contributed by atoms with E-state index in [0.717, 1.165) is 11.3 Å². The van der Waals surface area contributed by atoms with Crippen LogP contribution < -0.4 is 10.5 Å². The van der Waals surface area contributed by atoms with E-state index < -0.39 is 0 Å². The van der Waals surface area contributed by atoms with Gasteiger partial charge in [-0.05, 0) is 37.4 Å². The largest absolute Gasteiger partial charge is 0.484 e. The number of nitrogens with zero attached hydrogens (tertiary/aromatic N) is 2. The van der Waals surface area contributed by atoms with E-state index in [9.17, 15) is 0 Å². The highest BCUT2D eigenvalue weighted by Gasteiger charge is 2.19. The molecule has 0 aliphatic heterocycles. The summed E-state index contributed by atoms with van der Waals surface area (Å²) in [4.78, 5) is 1.21. The van der Waals surface area contributed by atoms with Gasteiger partial charge in [0, 0.05) is 29.7 Å². The lowest BCUT2D eigenvalue weighted by atomic mass is 10.1. The molecule has 0 saturated heterocycles. The van der Waals surface area contributed by atoms with Crippen molar-refractivity contribution < 1.29 is 4.74 Å². The van der Waals surface area contributed by atoms with Gasteiger partial charge in [-0.3, -0.25) is 4.68 Å². The van der Waals surface area contributed by atoms with Crippen molar-refractivity contribution in [2.75, 3.05) is 6.26 Å². The summed E-state index contributed by atoms with van der Waals surface area (Å²) in [6, 6.07) is 7.92. The number of rotatable bonds is 5. The predicted molar refractivity (Wildman–Crippen MR) is 78.4 cm³/mol. The second-order valence-corrected chi connectivity index (χ2v) is 5.40. The average molecular weight is 277 g/mol. The van der Waals surface area contributed by atoms with Crippen LogP contribution in [0.1, 0.15) is 18.6 Å². The van der Waals surface area contributed by atoms with Crippen molar-refractivity contribution in [2.24, 2.45) is 12.8 Å². The van der Waals surface area contributed by atoms with Crippen LogP contribution in [0.4, 0.5) is 0 Å². The van der Waals surface area contributed by atoms with Crippen LogP contribution in [0.15, 0.2) is 41.6 Å². The number of aryl methyl sites for hydroxylation is 1. The van der Waals surface area contributed by atoms with Gasteiger partial charge in [-0.2, -0.15) is 5.10 Å². The molecule has 0 aliphatic carbocycles. The summed E-state index contributed by atoms with van der Waals surface area (Å²) in [7, 11) is 1.88. The number of aromatic nitrogens is 2. The molecule has 0 saturated carbocycles. The Morgan fingerprint density at radius 2 is 2.00 bits per heavy atom. The van der Waals surface area contributed by atoms with E-state index >= 15 is 0 Å². The van der Waals surface area contributed by atoms with E-state index in [0.29, 0.717) is 0 Å². The lowest BCUT2D eigenvalue weighted by Gasteiger charge is -2.21. The maximum absolute atomic E-state index is 6.02. The van der Waals surface area contributed by atoms with Crippen LogP contribution in [-0.2, 0) is 7.05 Å². The smallest absolute Gasteiger partial charge is 0.141 e. The molecule has 0 bridgehead atoms. The van der Waals surface area contributed by atoms with Crippen molar-refractivity contribution in [1.82, 2.24) is 9.78 Å². The van der Waals surface area contributed by atoms with Crippen LogP contribution in [0.5, 0.6) is 5.75 Å². The fourth-order valence-electron chi connectivity index (χ4n) is 1.87. The first-order valence-electron chi connectivity index (χ1n) is 6.15. The summed E-state index contributed by atoms with van der Waals surface area (Å²) >= 11 is 1.71. The molecule has 2 rings (SSSR count). The number of nitrogens with two attached hydrogens (primary N) is 1. The molecule has 4 nitrogen and oxygen atoms in total. The Morgan fingerprint density at radius 1 is 1.32 bits per heavy atom. The summed E-state index contributed by atoms with van der Waals surface area (Å²) in [5.41, 5.74) is 7.01. The number of ether oxygens (including phenoxy) is 1. The molecule has 1 aromatic carbocycles. The lowest BCUT2D eigenvalue weighted by Crippen LogP contribution is -2.28. The lowest BCUT2D eigenvalue weighted by molar-refractivity contribution is 0.180. The van der Waals surface area contributed by atoms with Gasteiger partial charge in [-0.1, -0.05) is 0 Å². The molecule has 1 aromatic heterocycles. The molecule has 0 radical (unpaired) electrons. The Labute approximate surface area is 117 Å². The SMILES string of the molecule is CSc1ccc(OC(c2cnn(C)c2)C(C)N)cc1. The Bertz CT molecular complexity index is 522. The Kier molecular flexibility index (Phi) is 4.50. The zero-order valence-electron chi connectivity index (χ0n) is 11.4. The third kappa shape index (κ3) is 3.52. The standard InChI is InChI=1S/C14H19N3OS/c1-10(15)14(11-8-16-17(2)9-11)18-12-4-6-13(19-3)7-5-12/h4-10,14H,15H2,1-3H3. The molecule has 2 N–H and O–H groups in total. The molecule has 19 heavy (non-hydrogen) atoms. The fraction of sp³-hybridized carbons (Fsp3) is 0.357. The summed E-state index contributed by atoms with van der Waals surface area (Å²) in [5.74, 6) is 0.823. The molecule has 0 spiro atoms. The quantitative estimate of drug-likeness (QED) is 0.854. The summed E-state index contributed by atoms with van der Waals surface area (Å²) in [6.07, 6.45) is 5.60. The van der Waals surface area contributed by atoms with E-state index in [1.165, 1.54) is 4.90 Å². The van der Waals surface area contributed by atoms with Crippen molar-refractivity contribution in [3.63, 3.8) is 0 Å². The van der Waals surface area contributed by atoms with Gasteiger partial charge in [0.15, 0.2) is 0 Å². The minimum atomic E-state index is -0.186. The predicted octanol–water partition coefficient (Wildman–Crippen LogP) is 2.61. The second kappa shape index (κ2) is 6.12. The van der Waals surface area contributed by atoms with Crippen molar-refractivity contribution in [2.45, 2.75) is 24.0 Å². The van der Waals surface area contributed by atoms with Crippen molar-refractivity contribution in [3.8, 4) is 5.75 Å². The molecule has 1 heterocycles. The Morgan fingerprint density at radius 3 is 2.47 bits per heavy atom. The van der Waals surface area contributed by atoms with E-state index in [1.807, 2.05) is 44.4 Å². The van der Waals surface area contributed by atoms with E-state index in [4.69, 9.17) is 10.5 Å². The molecule has 2 atom stereocenters. The van der Waals surface area contributed by atoms with Crippen molar-refractivity contribution in [3.05, 3.63) is 42.2 Å². The summed E-state index contributed by atoms with van der Waals surface area (Å²) < 4.78 is 7.74. The maximum atomic E-state index is 6.02. The molecule has 0 fully saturated rings. The monoisotopic (exact) mass is 277 g/mol. The summed E-state index contributed by atoms with van der Waals surface area (Å²) in [5, 5.41) is 4.17. The van der Waals surface area contributed by atoms with Gasteiger partial charge in [0.25, 0.3) is 0 Å². The van der Waals surface area contributed by atoms with Gasteiger partial charge in [0.05, 0.1) is 6.20 Å². The van der Waals surface area contributed by atoms with Crippen molar-refractivity contribution >= 4 is 11.8 Å². The molecule has 0 amide bonds.